The molecule has 1 aromatic carbocycles. The van der Waals surface area contributed by atoms with Gasteiger partial charge in [-0.3, -0.25) is 14.9 Å². The van der Waals surface area contributed by atoms with E-state index in [0.717, 1.165) is 31.2 Å². The third-order valence-corrected chi connectivity index (χ3v) is 4.43. The average molecular weight is 354 g/mol. The molecule has 1 aliphatic carbocycles. The summed E-state index contributed by atoms with van der Waals surface area (Å²) in [6.45, 7) is 3.49. The van der Waals surface area contributed by atoms with Gasteiger partial charge in [-0.15, -0.1) is 0 Å². The molecule has 0 amide bonds. The lowest BCUT2D eigenvalue weighted by Crippen LogP contribution is -2.24. The van der Waals surface area contributed by atoms with Crippen molar-refractivity contribution < 1.29 is 9.72 Å². The summed E-state index contributed by atoms with van der Waals surface area (Å²) in [7, 11) is 0. The van der Waals surface area contributed by atoms with Gasteiger partial charge in [-0.2, -0.15) is 0 Å². The van der Waals surface area contributed by atoms with Crippen molar-refractivity contribution in [2.24, 2.45) is 0 Å². The number of carbonyl (C=O) groups is 1. The highest BCUT2D eigenvalue weighted by Crippen LogP contribution is 2.38. The van der Waals surface area contributed by atoms with E-state index in [2.05, 4.69) is 15.9 Å². The minimum atomic E-state index is -0.715. The number of rotatable bonds is 4. The van der Waals surface area contributed by atoms with Crippen molar-refractivity contribution in [2.75, 3.05) is 0 Å². The van der Waals surface area contributed by atoms with Crippen molar-refractivity contribution >= 4 is 27.4 Å². The minimum Gasteiger partial charge on any atom is -0.293 e. The fraction of sp³-hybridized carbons (Fsp3) is 0.562. The molecule has 5 heteroatoms. The molecule has 4 nitrogen and oxygen atoms in total. The Morgan fingerprint density at radius 1 is 1.29 bits per heavy atom. The number of ketones is 1. The van der Waals surface area contributed by atoms with Crippen molar-refractivity contribution in [2.45, 2.75) is 56.2 Å². The van der Waals surface area contributed by atoms with Crippen LogP contribution in [0.1, 0.15) is 67.8 Å². The van der Waals surface area contributed by atoms with E-state index in [4.69, 9.17) is 0 Å². The quantitative estimate of drug-likeness (QED) is 0.331. The first-order valence-corrected chi connectivity index (χ1v) is 8.12. The van der Waals surface area contributed by atoms with Crippen molar-refractivity contribution in [3.05, 3.63) is 39.4 Å². The maximum Gasteiger partial charge on any atom is 0.273 e. The summed E-state index contributed by atoms with van der Waals surface area (Å²) in [4.78, 5) is 23.3. The molecule has 0 aromatic heterocycles. The van der Waals surface area contributed by atoms with Gasteiger partial charge >= 0.3 is 0 Å². The van der Waals surface area contributed by atoms with Crippen LogP contribution in [0, 0.1) is 10.1 Å². The number of Topliss-reactive ketones (excluding diaryl/α,β-unsaturated/α-hetero) is 1. The molecule has 0 bridgehead atoms. The van der Waals surface area contributed by atoms with Gasteiger partial charge in [0.15, 0.2) is 5.78 Å². The van der Waals surface area contributed by atoms with Gasteiger partial charge in [-0.05, 0) is 32.6 Å². The smallest absolute Gasteiger partial charge is 0.273 e. The molecule has 1 saturated carbocycles. The Labute approximate surface area is 133 Å². The van der Waals surface area contributed by atoms with Gasteiger partial charge in [-0.25, -0.2) is 0 Å². The zero-order valence-electron chi connectivity index (χ0n) is 12.4. The highest BCUT2D eigenvalue weighted by molar-refractivity contribution is 9.10. The van der Waals surface area contributed by atoms with Crippen LogP contribution in [0.25, 0.3) is 0 Å². The van der Waals surface area contributed by atoms with Gasteiger partial charge in [0.05, 0.1) is 9.25 Å². The second kappa shape index (κ2) is 6.26. The normalized spacial score (nSPS) is 16.7. The Morgan fingerprint density at radius 3 is 2.43 bits per heavy atom. The van der Waals surface area contributed by atoms with Crippen molar-refractivity contribution in [1.82, 2.24) is 0 Å². The molecule has 0 saturated heterocycles. The zero-order chi connectivity index (χ0) is 15.6. The Balaban J connectivity index is 2.40. The van der Waals surface area contributed by atoms with E-state index in [-0.39, 0.29) is 22.3 Å². The number of halogens is 1. The number of nitrogens with zero attached hydrogens (tertiary/aromatic N) is 1. The van der Waals surface area contributed by atoms with E-state index < -0.39 is 4.32 Å². The lowest BCUT2D eigenvalue weighted by molar-refractivity contribution is -0.385. The second-order valence-corrected chi connectivity index (χ2v) is 8.15. The number of hydrogen-bond acceptors (Lipinski definition) is 3. The third-order valence-electron chi connectivity index (χ3n) is 4.07. The van der Waals surface area contributed by atoms with E-state index in [1.54, 1.807) is 26.0 Å². The van der Waals surface area contributed by atoms with Gasteiger partial charge in [0, 0.05) is 17.2 Å². The van der Waals surface area contributed by atoms with Gasteiger partial charge in [0.1, 0.15) is 0 Å². The molecule has 2 rings (SSSR count). The number of hydrogen-bond donors (Lipinski definition) is 0. The summed E-state index contributed by atoms with van der Waals surface area (Å²) in [5.74, 6) is 0.112. The Morgan fingerprint density at radius 2 is 1.90 bits per heavy atom. The maximum absolute atomic E-state index is 12.3. The molecular weight excluding hydrogens is 334 g/mol. The standard InChI is InChI=1S/C16H20BrNO3/c1-16(2,17)15(19)12-8-9-13(14(10-12)18(20)21)11-6-4-3-5-7-11/h8-11H,3-7H2,1-2H3. The second-order valence-electron chi connectivity index (χ2n) is 6.17. The van der Waals surface area contributed by atoms with Crippen molar-refractivity contribution in [3.8, 4) is 0 Å². The molecule has 21 heavy (non-hydrogen) atoms. The molecule has 0 radical (unpaired) electrons. The first kappa shape index (κ1) is 16.1. The summed E-state index contributed by atoms with van der Waals surface area (Å²) in [5, 5.41) is 11.4. The van der Waals surface area contributed by atoms with E-state index in [9.17, 15) is 14.9 Å². The van der Waals surface area contributed by atoms with Gasteiger partial charge < -0.3 is 0 Å². The summed E-state index contributed by atoms with van der Waals surface area (Å²) in [5.41, 5.74) is 1.26. The SMILES string of the molecule is CC(C)(Br)C(=O)c1ccc(C2CCCCC2)c([N+](=O)[O-])c1. The van der Waals surface area contributed by atoms with E-state index in [0.29, 0.717) is 5.56 Å². The highest BCUT2D eigenvalue weighted by atomic mass is 79.9. The van der Waals surface area contributed by atoms with E-state index >= 15 is 0 Å². The van der Waals surface area contributed by atoms with Crippen LogP contribution in [0.2, 0.25) is 0 Å². The van der Waals surface area contributed by atoms with E-state index in [1.807, 2.05) is 0 Å². The number of benzene rings is 1. The number of nitro benzene ring substituents is 1. The van der Waals surface area contributed by atoms with Crippen LogP contribution in [0.4, 0.5) is 5.69 Å². The molecule has 0 unspecified atom stereocenters. The fourth-order valence-electron chi connectivity index (χ4n) is 2.95. The van der Waals surface area contributed by atoms with E-state index in [1.165, 1.54) is 12.5 Å². The molecule has 1 aliphatic rings. The molecular formula is C16H20BrNO3. The Hall–Kier alpha value is -1.23. The first-order chi connectivity index (χ1) is 9.80. The molecule has 0 aliphatic heterocycles. The average Bonchev–Trinajstić information content (AvgIpc) is 2.45. The predicted molar refractivity (Wildman–Crippen MR) is 86.3 cm³/mol. The van der Waals surface area contributed by atoms with Crippen LogP contribution < -0.4 is 0 Å². The van der Waals surface area contributed by atoms with Crippen LogP contribution in [-0.2, 0) is 0 Å². The molecule has 1 aromatic rings. The maximum atomic E-state index is 12.3. The zero-order valence-corrected chi connectivity index (χ0v) is 14.0. The highest BCUT2D eigenvalue weighted by Gasteiger charge is 2.29. The number of carbonyl (C=O) groups excluding carboxylic acids is 1. The molecule has 0 heterocycles. The van der Waals surface area contributed by atoms with Crippen molar-refractivity contribution in [1.29, 1.82) is 0 Å². The molecule has 0 spiro atoms. The van der Waals surface area contributed by atoms with Crippen LogP contribution in [0.3, 0.4) is 0 Å². The molecule has 114 valence electrons. The molecule has 0 atom stereocenters. The third kappa shape index (κ3) is 3.70. The van der Waals surface area contributed by atoms with Gasteiger partial charge in [-0.1, -0.05) is 47.3 Å². The lowest BCUT2D eigenvalue weighted by Gasteiger charge is -2.22. The van der Waals surface area contributed by atoms with Crippen LogP contribution in [0.5, 0.6) is 0 Å². The number of alkyl halides is 1. The summed E-state index contributed by atoms with van der Waals surface area (Å²) >= 11 is 3.32. The predicted octanol–water partition coefficient (Wildman–Crippen LogP) is 5.00. The topological polar surface area (TPSA) is 60.2 Å². The molecule has 1 fully saturated rings. The van der Waals surface area contributed by atoms with Crippen LogP contribution >= 0.6 is 15.9 Å². The monoisotopic (exact) mass is 353 g/mol. The van der Waals surface area contributed by atoms with Gasteiger partial charge in [0.2, 0.25) is 0 Å². The Bertz CT molecular complexity index is 557. The Kier molecular flexibility index (Phi) is 4.81. The summed E-state index contributed by atoms with van der Waals surface area (Å²) in [6.07, 6.45) is 5.45. The fourth-order valence-corrected chi connectivity index (χ4v) is 3.17. The largest absolute Gasteiger partial charge is 0.293 e. The van der Waals surface area contributed by atoms with Crippen LogP contribution in [0.15, 0.2) is 18.2 Å². The first-order valence-electron chi connectivity index (χ1n) is 7.33. The van der Waals surface area contributed by atoms with Crippen molar-refractivity contribution in [3.63, 3.8) is 0 Å². The molecule has 0 N–H and O–H groups in total. The lowest BCUT2D eigenvalue weighted by atomic mass is 9.82. The van der Waals surface area contributed by atoms with Crippen LogP contribution in [-0.4, -0.2) is 15.0 Å². The number of nitro groups is 1. The minimum absolute atomic E-state index is 0.0875. The van der Waals surface area contributed by atoms with Gasteiger partial charge in [0.25, 0.3) is 5.69 Å². The summed E-state index contributed by atoms with van der Waals surface area (Å²) in [6, 6.07) is 4.94. The summed E-state index contributed by atoms with van der Waals surface area (Å²) < 4.78 is -0.715.